The molecule has 3 heteroatoms. The van der Waals surface area contributed by atoms with Crippen molar-refractivity contribution >= 4 is 5.91 Å². The lowest BCUT2D eigenvalue weighted by atomic mass is 10.1. The summed E-state index contributed by atoms with van der Waals surface area (Å²) >= 11 is 0. The molecule has 3 nitrogen and oxygen atoms in total. The highest BCUT2D eigenvalue weighted by atomic mass is 16.2. The molecule has 1 aliphatic rings. The van der Waals surface area contributed by atoms with Crippen LogP contribution in [0.1, 0.15) is 17.5 Å². The fourth-order valence-corrected chi connectivity index (χ4v) is 1.66. The van der Waals surface area contributed by atoms with Crippen molar-refractivity contribution in [3.05, 3.63) is 35.4 Å². The van der Waals surface area contributed by atoms with Gasteiger partial charge >= 0.3 is 0 Å². The van der Waals surface area contributed by atoms with E-state index in [2.05, 4.69) is 11.4 Å². The molecule has 0 aromatic heterocycles. The van der Waals surface area contributed by atoms with E-state index in [1.54, 1.807) is 0 Å². The van der Waals surface area contributed by atoms with Crippen LogP contribution in [-0.4, -0.2) is 11.9 Å². The summed E-state index contributed by atoms with van der Waals surface area (Å²) in [5.41, 5.74) is 7.95. The first-order chi connectivity index (χ1) is 7.16. The zero-order valence-corrected chi connectivity index (χ0v) is 8.86. The van der Waals surface area contributed by atoms with Crippen molar-refractivity contribution in [2.24, 2.45) is 11.7 Å². The van der Waals surface area contributed by atoms with Gasteiger partial charge in [-0.15, -0.1) is 0 Å². The number of nitrogens with one attached hydrogen (secondary N) is 1. The zero-order chi connectivity index (χ0) is 10.8. The Morgan fingerprint density at radius 1 is 1.60 bits per heavy atom. The van der Waals surface area contributed by atoms with E-state index in [-0.39, 0.29) is 17.9 Å². The molecule has 0 heterocycles. The van der Waals surface area contributed by atoms with Crippen molar-refractivity contribution < 1.29 is 4.79 Å². The van der Waals surface area contributed by atoms with E-state index in [0.717, 1.165) is 12.0 Å². The summed E-state index contributed by atoms with van der Waals surface area (Å²) in [6.45, 7) is 2.64. The van der Waals surface area contributed by atoms with Gasteiger partial charge in [0.1, 0.15) is 0 Å². The van der Waals surface area contributed by atoms with Crippen molar-refractivity contribution in [1.82, 2.24) is 5.32 Å². The highest BCUT2D eigenvalue weighted by Gasteiger charge is 2.39. The number of hydrogen-bond acceptors (Lipinski definition) is 2. The van der Waals surface area contributed by atoms with Gasteiger partial charge in [-0.1, -0.05) is 29.8 Å². The maximum absolute atomic E-state index is 11.5. The van der Waals surface area contributed by atoms with Crippen molar-refractivity contribution in [3.8, 4) is 0 Å². The Morgan fingerprint density at radius 2 is 2.33 bits per heavy atom. The van der Waals surface area contributed by atoms with Crippen molar-refractivity contribution in [2.75, 3.05) is 0 Å². The maximum atomic E-state index is 11.5. The van der Waals surface area contributed by atoms with E-state index in [1.165, 1.54) is 5.56 Å². The van der Waals surface area contributed by atoms with Crippen LogP contribution in [0.3, 0.4) is 0 Å². The highest BCUT2D eigenvalue weighted by molar-refractivity contribution is 5.82. The number of rotatable bonds is 3. The molecule has 15 heavy (non-hydrogen) atoms. The molecule has 0 aliphatic heterocycles. The molecule has 2 rings (SSSR count). The van der Waals surface area contributed by atoms with Gasteiger partial charge in [0.05, 0.1) is 5.92 Å². The second kappa shape index (κ2) is 4.03. The van der Waals surface area contributed by atoms with Gasteiger partial charge in [-0.3, -0.25) is 4.79 Å². The largest absolute Gasteiger partial charge is 0.352 e. The fourth-order valence-electron chi connectivity index (χ4n) is 1.66. The number of carbonyl (C=O) groups is 1. The SMILES string of the molecule is Cc1cccc(CNC(=O)C2CC2N)c1. The minimum atomic E-state index is 0.0507. The van der Waals surface area contributed by atoms with Crippen LogP contribution in [0.25, 0.3) is 0 Å². The molecular formula is C12H16N2O. The molecule has 0 saturated heterocycles. The Kier molecular flexibility index (Phi) is 2.73. The minimum absolute atomic E-state index is 0.0507. The first-order valence-electron chi connectivity index (χ1n) is 5.25. The van der Waals surface area contributed by atoms with Crippen LogP contribution in [0.15, 0.2) is 24.3 Å². The van der Waals surface area contributed by atoms with E-state index in [1.807, 2.05) is 25.1 Å². The smallest absolute Gasteiger partial charge is 0.225 e. The Labute approximate surface area is 89.7 Å². The quantitative estimate of drug-likeness (QED) is 0.770. The Balaban J connectivity index is 1.85. The van der Waals surface area contributed by atoms with E-state index in [9.17, 15) is 4.79 Å². The van der Waals surface area contributed by atoms with E-state index in [4.69, 9.17) is 5.73 Å². The molecule has 1 aromatic rings. The van der Waals surface area contributed by atoms with Gasteiger partial charge in [-0.25, -0.2) is 0 Å². The molecule has 0 bridgehead atoms. The Morgan fingerprint density at radius 3 is 2.93 bits per heavy atom. The van der Waals surface area contributed by atoms with Gasteiger partial charge in [-0.05, 0) is 18.9 Å². The first-order valence-corrected chi connectivity index (χ1v) is 5.25. The van der Waals surface area contributed by atoms with Crippen LogP contribution in [0, 0.1) is 12.8 Å². The predicted molar refractivity (Wildman–Crippen MR) is 59.1 cm³/mol. The molecule has 0 spiro atoms. The summed E-state index contributed by atoms with van der Waals surface area (Å²) in [6.07, 6.45) is 0.833. The van der Waals surface area contributed by atoms with Crippen LogP contribution in [-0.2, 0) is 11.3 Å². The predicted octanol–water partition coefficient (Wildman–Crippen LogP) is 0.958. The summed E-state index contributed by atoms with van der Waals surface area (Å²) in [7, 11) is 0. The topological polar surface area (TPSA) is 55.1 Å². The molecule has 80 valence electrons. The van der Waals surface area contributed by atoms with Crippen LogP contribution in [0.5, 0.6) is 0 Å². The van der Waals surface area contributed by atoms with Gasteiger partial charge in [0.2, 0.25) is 5.91 Å². The van der Waals surface area contributed by atoms with E-state index < -0.39 is 0 Å². The Hall–Kier alpha value is -1.35. The van der Waals surface area contributed by atoms with Crippen molar-refractivity contribution in [3.63, 3.8) is 0 Å². The lowest BCUT2D eigenvalue weighted by molar-refractivity contribution is -0.122. The average molecular weight is 204 g/mol. The summed E-state index contributed by atoms with van der Waals surface area (Å²) < 4.78 is 0. The molecule has 1 saturated carbocycles. The molecule has 2 atom stereocenters. The van der Waals surface area contributed by atoms with Crippen LogP contribution >= 0.6 is 0 Å². The lowest BCUT2D eigenvalue weighted by Gasteiger charge is -2.05. The molecule has 2 unspecified atom stereocenters. The monoisotopic (exact) mass is 204 g/mol. The normalized spacial score (nSPS) is 23.6. The molecule has 1 aromatic carbocycles. The number of benzene rings is 1. The summed E-state index contributed by atoms with van der Waals surface area (Å²) in [6, 6.07) is 8.22. The lowest BCUT2D eigenvalue weighted by Crippen LogP contribution is -2.26. The van der Waals surface area contributed by atoms with E-state index in [0.29, 0.717) is 6.54 Å². The van der Waals surface area contributed by atoms with Gasteiger partial charge in [-0.2, -0.15) is 0 Å². The summed E-state index contributed by atoms with van der Waals surface area (Å²) in [5, 5.41) is 2.90. The number of carbonyl (C=O) groups excluding carboxylic acids is 1. The minimum Gasteiger partial charge on any atom is -0.352 e. The molecule has 0 radical (unpaired) electrons. The third-order valence-corrected chi connectivity index (χ3v) is 2.73. The molecule has 1 fully saturated rings. The van der Waals surface area contributed by atoms with Gasteiger partial charge in [0.15, 0.2) is 0 Å². The number of hydrogen-bond donors (Lipinski definition) is 2. The molecule has 1 amide bonds. The molecule has 3 N–H and O–H groups in total. The van der Waals surface area contributed by atoms with Gasteiger partial charge in [0.25, 0.3) is 0 Å². The van der Waals surface area contributed by atoms with Gasteiger partial charge < -0.3 is 11.1 Å². The summed E-state index contributed by atoms with van der Waals surface area (Å²) in [4.78, 5) is 11.5. The fraction of sp³-hybridized carbons (Fsp3) is 0.417. The molecule has 1 aliphatic carbocycles. The van der Waals surface area contributed by atoms with Crippen LogP contribution in [0.2, 0.25) is 0 Å². The van der Waals surface area contributed by atoms with E-state index >= 15 is 0 Å². The second-order valence-electron chi connectivity index (χ2n) is 4.21. The number of nitrogens with two attached hydrogens (primary N) is 1. The zero-order valence-electron chi connectivity index (χ0n) is 8.86. The van der Waals surface area contributed by atoms with Crippen LogP contribution < -0.4 is 11.1 Å². The van der Waals surface area contributed by atoms with Crippen LogP contribution in [0.4, 0.5) is 0 Å². The van der Waals surface area contributed by atoms with Crippen molar-refractivity contribution in [1.29, 1.82) is 0 Å². The van der Waals surface area contributed by atoms with Gasteiger partial charge in [0, 0.05) is 12.6 Å². The Bertz CT molecular complexity index is 376. The average Bonchev–Trinajstić information content (AvgIpc) is 2.92. The van der Waals surface area contributed by atoms with Crippen molar-refractivity contribution in [2.45, 2.75) is 25.9 Å². The maximum Gasteiger partial charge on any atom is 0.225 e. The summed E-state index contributed by atoms with van der Waals surface area (Å²) in [5.74, 6) is 0.138. The number of amides is 1. The third-order valence-electron chi connectivity index (χ3n) is 2.73. The second-order valence-corrected chi connectivity index (χ2v) is 4.21. The third kappa shape index (κ3) is 2.57. The molecular weight excluding hydrogens is 188 g/mol. The number of aryl methyl sites for hydroxylation is 1. The standard InChI is InChI=1S/C12H16N2O/c1-8-3-2-4-9(5-8)7-14-12(15)10-6-11(10)13/h2-5,10-11H,6-7,13H2,1H3,(H,14,15). The highest BCUT2D eigenvalue weighted by Crippen LogP contribution is 2.27. The first kappa shape index (κ1) is 10.2.